The number of carbonyl (C=O) groups is 1. The fourth-order valence-corrected chi connectivity index (χ4v) is 4.70. The highest BCUT2D eigenvalue weighted by molar-refractivity contribution is 5.79. The summed E-state index contributed by atoms with van der Waals surface area (Å²) in [4.78, 5) is 17.6. The van der Waals surface area contributed by atoms with Crippen LogP contribution in [0.4, 0.5) is 0 Å². The molecule has 0 unspecified atom stereocenters. The summed E-state index contributed by atoms with van der Waals surface area (Å²) >= 11 is 0. The zero-order valence-electron chi connectivity index (χ0n) is 15.9. The molecular weight excluding hydrogens is 300 g/mol. The van der Waals surface area contributed by atoms with Gasteiger partial charge in [0.1, 0.15) is 0 Å². The molecule has 0 bridgehead atoms. The molecule has 3 heterocycles. The van der Waals surface area contributed by atoms with Gasteiger partial charge in [-0.3, -0.25) is 14.4 Å². The molecule has 1 aromatic rings. The number of nitrogens with zero attached hydrogens (tertiary/aromatic N) is 4. The van der Waals surface area contributed by atoms with Crippen molar-refractivity contribution in [3.8, 4) is 0 Å². The largest absolute Gasteiger partial charge is 0.341 e. The maximum absolute atomic E-state index is 12.9. The van der Waals surface area contributed by atoms with Gasteiger partial charge in [-0.25, -0.2) is 0 Å². The molecule has 5 heteroatoms. The van der Waals surface area contributed by atoms with Crippen LogP contribution in [0.25, 0.3) is 0 Å². The minimum Gasteiger partial charge on any atom is -0.341 e. The van der Waals surface area contributed by atoms with Crippen LogP contribution < -0.4 is 0 Å². The molecule has 0 saturated carbocycles. The molecule has 0 radical (unpaired) electrons. The van der Waals surface area contributed by atoms with Crippen LogP contribution in [-0.4, -0.2) is 56.7 Å². The standard InChI is InChI=1S/C19H32N4O/c1-13-8-9-14(2)23(13)17-7-6-10-22(12-17)19(24)11-18-15(3)20-21(5)16(18)4/h13-14,17H,6-12H2,1-5H3/t13-,14-,17+/m1/s1. The molecule has 0 aliphatic carbocycles. The van der Waals surface area contributed by atoms with Crippen LogP contribution in [-0.2, 0) is 18.3 Å². The molecule has 5 nitrogen and oxygen atoms in total. The van der Waals surface area contributed by atoms with E-state index in [9.17, 15) is 4.79 Å². The Morgan fingerprint density at radius 2 is 1.83 bits per heavy atom. The van der Waals surface area contributed by atoms with Crippen LogP contribution in [0, 0.1) is 13.8 Å². The number of hydrogen-bond acceptors (Lipinski definition) is 3. The minimum absolute atomic E-state index is 0.262. The van der Waals surface area contributed by atoms with Gasteiger partial charge in [0.05, 0.1) is 12.1 Å². The molecular formula is C19H32N4O. The van der Waals surface area contributed by atoms with Crippen molar-refractivity contribution in [3.05, 3.63) is 17.0 Å². The van der Waals surface area contributed by atoms with E-state index in [1.165, 1.54) is 19.3 Å². The van der Waals surface area contributed by atoms with Crippen molar-refractivity contribution in [1.82, 2.24) is 19.6 Å². The zero-order valence-corrected chi connectivity index (χ0v) is 15.9. The predicted octanol–water partition coefficient (Wildman–Crippen LogP) is 2.44. The van der Waals surface area contributed by atoms with Crippen molar-refractivity contribution >= 4 is 5.91 Å². The van der Waals surface area contributed by atoms with Gasteiger partial charge in [-0.15, -0.1) is 0 Å². The van der Waals surface area contributed by atoms with Crippen LogP contribution in [0.3, 0.4) is 0 Å². The summed E-state index contributed by atoms with van der Waals surface area (Å²) in [5.74, 6) is 0.262. The molecule has 0 N–H and O–H groups in total. The molecule has 134 valence electrons. The van der Waals surface area contributed by atoms with E-state index in [2.05, 4.69) is 35.7 Å². The lowest BCUT2D eigenvalue weighted by Gasteiger charge is -2.41. The third kappa shape index (κ3) is 3.23. The Balaban J connectivity index is 1.67. The van der Waals surface area contributed by atoms with Gasteiger partial charge in [0.25, 0.3) is 0 Å². The maximum atomic E-state index is 12.9. The summed E-state index contributed by atoms with van der Waals surface area (Å²) in [6, 6.07) is 1.84. The van der Waals surface area contributed by atoms with E-state index in [0.29, 0.717) is 24.5 Å². The van der Waals surface area contributed by atoms with Crippen molar-refractivity contribution in [2.45, 2.75) is 77.9 Å². The highest BCUT2D eigenvalue weighted by atomic mass is 16.2. The van der Waals surface area contributed by atoms with E-state index >= 15 is 0 Å². The predicted molar refractivity (Wildman–Crippen MR) is 96.0 cm³/mol. The molecule has 24 heavy (non-hydrogen) atoms. The first-order valence-corrected chi connectivity index (χ1v) is 9.42. The summed E-state index contributed by atoms with van der Waals surface area (Å²) in [6.45, 7) is 10.5. The van der Waals surface area contributed by atoms with Crippen molar-refractivity contribution in [3.63, 3.8) is 0 Å². The summed E-state index contributed by atoms with van der Waals surface area (Å²) in [6.07, 6.45) is 5.42. The van der Waals surface area contributed by atoms with Crippen LogP contribution in [0.5, 0.6) is 0 Å². The number of rotatable bonds is 3. The summed E-state index contributed by atoms with van der Waals surface area (Å²) in [7, 11) is 1.95. The number of amides is 1. The molecule has 3 rings (SSSR count). The number of hydrogen-bond donors (Lipinski definition) is 0. The van der Waals surface area contributed by atoms with Crippen molar-refractivity contribution in [2.75, 3.05) is 13.1 Å². The van der Waals surface area contributed by atoms with Gasteiger partial charge >= 0.3 is 0 Å². The molecule has 2 aliphatic rings. The fourth-order valence-electron chi connectivity index (χ4n) is 4.70. The number of aromatic nitrogens is 2. The minimum atomic E-state index is 0.262. The van der Waals surface area contributed by atoms with Crippen molar-refractivity contribution < 1.29 is 4.79 Å². The average molecular weight is 332 g/mol. The van der Waals surface area contributed by atoms with Gasteiger partial charge in [-0.2, -0.15) is 5.10 Å². The highest BCUT2D eigenvalue weighted by Crippen LogP contribution is 2.30. The van der Waals surface area contributed by atoms with Crippen molar-refractivity contribution in [1.29, 1.82) is 0 Å². The molecule has 1 amide bonds. The summed E-state index contributed by atoms with van der Waals surface area (Å²) in [5.41, 5.74) is 3.20. The normalized spacial score (nSPS) is 28.5. The van der Waals surface area contributed by atoms with Gasteiger partial charge in [0.15, 0.2) is 0 Å². The monoisotopic (exact) mass is 332 g/mol. The molecule has 1 aromatic heterocycles. The maximum Gasteiger partial charge on any atom is 0.227 e. The van der Waals surface area contributed by atoms with Crippen LogP contribution in [0.15, 0.2) is 0 Å². The topological polar surface area (TPSA) is 41.4 Å². The fraction of sp³-hybridized carbons (Fsp3) is 0.789. The Bertz CT molecular complexity index is 599. The third-order valence-corrected chi connectivity index (χ3v) is 6.18. The lowest BCUT2D eigenvalue weighted by atomic mass is 10.0. The Morgan fingerprint density at radius 1 is 1.17 bits per heavy atom. The quantitative estimate of drug-likeness (QED) is 0.854. The number of likely N-dealkylation sites (tertiary alicyclic amines) is 2. The lowest BCUT2D eigenvalue weighted by molar-refractivity contribution is -0.133. The van der Waals surface area contributed by atoms with Gasteiger partial charge < -0.3 is 4.90 Å². The first-order valence-electron chi connectivity index (χ1n) is 9.42. The van der Waals surface area contributed by atoms with Crippen LogP contribution >= 0.6 is 0 Å². The Labute approximate surface area is 146 Å². The van der Waals surface area contributed by atoms with Crippen molar-refractivity contribution in [2.24, 2.45) is 7.05 Å². The van der Waals surface area contributed by atoms with E-state index in [1.54, 1.807) is 0 Å². The van der Waals surface area contributed by atoms with E-state index in [4.69, 9.17) is 0 Å². The Kier molecular flexibility index (Phi) is 5.00. The second-order valence-electron chi connectivity index (χ2n) is 7.81. The summed E-state index contributed by atoms with van der Waals surface area (Å²) in [5, 5.41) is 4.44. The van der Waals surface area contributed by atoms with E-state index < -0.39 is 0 Å². The molecule has 2 saturated heterocycles. The van der Waals surface area contributed by atoms with Gasteiger partial charge in [-0.1, -0.05) is 0 Å². The third-order valence-electron chi connectivity index (χ3n) is 6.18. The second kappa shape index (κ2) is 6.87. The highest BCUT2D eigenvalue weighted by Gasteiger charge is 2.36. The zero-order chi connectivity index (χ0) is 17.4. The summed E-state index contributed by atoms with van der Waals surface area (Å²) < 4.78 is 1.88. The average Bonchev–Trinajstić information content (AvgIpc) is 3.01. The number of carbonyl (C=O) groups excluding carboxylic acids is 1. The number of piperidine rings is 1. The van der Waals surface area contributed by atoms with E-state index in [1.807, 2.05) is 18.7 Å². The SMILES string of the molecule is Cc1nn(C)c(C)c1CC(=O)N1CCC[C@H](N2[C@H](C)CC[C@H]2C)C1. The first-order chi connectivity index (χ1) is 11.4. The van der Waals surface area contributed by atoms with Crippen LogP contribution in [0.1, 0.15) is 56.5 Å². The smallest absolute Gasteiger partial charge is 0.227 e. The van der Waals surface area contributed by atoms with Gasteiger partial charge in [0, 0.05) is 49.5 Å². The molecule has 0 aromatic carbocycles. The molecule has 3 atom stereocenters. The number of aryl methyl sites for hydroxylation is 2. The van der Waals surface area contributed by atoms with Gasteiger partial charge in [0.2, 0.25) is 5.91 Å². The lowest BCUT2D eigenvalue weighted by Crippen LogP contribution is -2.52. The molecule has 2 fully saturated rings. The van der Waals surface area contributed by atoms with Gasteiger partial charge in [-0.05, 0) is 53.4 Å². The van der Waals surface area contributed by atoms with Crippen LogP contribution in [0.2, 0.25) is 0 Å². The molecule has 2 aliphatic heterocycles. The Hall–Kier alpha value is -1.36. The first kappa shape index (κ1) is 17.5. The van der Waals surface area contributed by atoms with E-state index in [0.717, 1.165) is 36.5 Å². The molecule has 0 spiro atoms. The second-order valence-corrected chi connectivity index (χ2v) is 7.81. The Morgan fingerprint density at radius 3 is 2.42 bits per heavy atom. The van der Waals surface area contributed by atoms with E-state index in [-0.39, 0.29) is 5.91 Å².